The van der Waals surface area contributed by atoms with E-state index in [1.54, 1.807) is 30.1 Å². The van der Waals surface area contributed by atoms with Crippen molar-refractivity contribution < 1.29 is 4.39 Å². The number of benzene rings is 1. The molecule has 1 N–H and O–H groups in total. The molecule has 14 heavy (non-hydrogen) atoms. The molecule has 0 unspecified atom stereocenters. The van der Waals surface area contributed by atoms with Gasteiger partial charge in [-0.2, -0.15) is 5.10 Å². The molecule has 0 aliphatic carbocycles. The highest BCUT2D eigenvalue weighted by atomic mass is 19.1. The molecule has 3 nitrogen and oxygen atoms in total. The van der Waals surface area contributed by atoms with Crippen molar-refractivity contribution in [2.24, 2.45) is 0 Å². The average molecular weight is 191 g/mol. The summed E-state index contributed by atoms with van der Waals surface area (Å²) in [5.74, 6) is 0.565. The molecule has 2 rings (SSSR count). The zero-order chi connectivity index (χ0) is 9.97. The van der Waals surface area contributed by atoms with E-state index in [0.29, 0.717) is 5.69 Å². The van der Waals surface area contributed by atoms with Gasteiger partial charge in [0, 0.05) is 13.1 Å². The van der Waals surface area contributed by atoms with Crippen LogP contribution in [-0.4, -0.2) is 16.8 Å². The molecule has 0 bridgehead atoms. The van der Waals surface area contributed by atoms with E-state index >= 15 is 0 Å². The van der Waals surface area contributed by atoms with E-state index in [9.17, 15) is 4.39 Å². The molecular formula is C10H10FN3. The van der Waals surface area contributed by atoms with E-state index in [2.05, 4.69) is 10.4 Å². The van der Waals surface area contributed by atoms with Crippen LogP contribution in [0.1, 0.15) is 0 Å². The molecule has 72 valence electrons. The minimum atomic E-state index is -0.264. The first kappa shape index (κ1) is 8.74. The van der Waals surface area contributed by atoms with Crippen LogP contribution in [0.15, 0.2) is 36.5 Å². The molecule has 0 atom stereocenters. The smallest absolute Gasteiger partial charge is 0.129 e. The summed E-state index contributed by atoms with van der Waals surface area (Å²) in [5, 5.41) is 7.06. The zero-order valence-electron chi connectivity index (χ0n) is 7.74. The molecule has 1 aromatic heterocycles. The van der Waals surface area contributed by atoms with Crippen LogP contribution in [0.5, 0.6) is 0 Å². The van der Waals surface area contributed by atoms with Crippen LogP contribution in [0.3, 0.4) is 0 Å². The molecule has 1 aromatic carbocycles. The third-order valence-corrected chi connectivity index (χ3v) is 1.95. The van der Waals surface area contributed by atoms with Crippen molar-refractivity contribution >= 4 is 5.82 Å². The van der Waals surface area contributed by atoms with E-state index in [1.165, 1.54) is 12.1 Å². The second-order valence-corrected chi connectivity index (χ2v) is 2.86. The van der Waals surface area contributed by atoms with Gasteiger partial charge in [0.05, 0.1) is 11.9 Å². The number of aromatic nitrogens is 2. The number of rotatable bonds is 2. The molecule has 0 spiro atoms. The second kappa shape index (κ2) is 3.49. The lowest BCUT2D eigenvalue weighted by Crippen LogP contribution is -2.02. The fourth-order valence-corrected chi connectivity index (χ4v) is 1.31. The maximum Gasteiger partial charge on any atom is 0.129 e. The molecular weight excluding hydrogens is 181 g/mol. The van der Waals surface area contributed by atoms with Gasteiger partial charge in [0.25, 0.3) is 0 Å². The maximum absolute atomic E-state index is 12.9. The Bertz CT molecular complexity index is 436. The number of nitrogens with one attached hydrogen (secondary N) is 1. The Hall–Kier alpha value is -1.84. The summed E-state index contributed by atoms with van der Waals surface area (Å²) >= 11 is 0. The van der Waals surface area contributed by atoms with Crippen molar-refractivity contribution in [2.75, 3.05) is 12.4 Å². The molecule has 0 aliphatic rings. The van der Waals surface area contributed by atoms with Gasteiger partial charge < -0.3 is 5.32 Å². The average Bonchev–Trinajstić information content (AvgIpc) is 2.65. The van der Waals surface area contributed by atoms with Gasteiger partial charge in [0.1, 0.15) is 11.6 Å². The van der Waals surface area contributed by atoms with Crippen LogP contribution in [0, 0.1) is 5.82 Å². The normalized spacial score (nSPS) is 10.1. The Morgan fingerprint density at radius 2 is 2.21 bits per heavy atom. The molecule has 2 aromatic rings. The van der Waals surface area contributed by atoms with Crippen LogP contribution < -0.4 is 5.32 Å². The Balaban J connectivity index is 2.49. The molecule has 0 saturated carbocycles. The molecule has 4 heteroatoms. The van der Waals surface area contributed by atoms with Crippen molar-refractivity contribution in [3.63, 3.8) is 0 Å². The van der Waals surface area contributed by atoms with E-state index in [4.69, 9.17) is 0 Å². The van der Waals surface area contributed by atoms with Crippen molar-refractivity contribution in [2.45, 2.75) is 0 Å². The summed E-state index contributed by atoms with van der Waals surface area (Å²) in [6.07, 6.45) is 1.66. The van der Waals surface area contributed by atoms with E-state index in [-0.39, 0.29) is 5.82 Å². The Morgan fingerprint density at radius 3 is 2.93 bits per heavy atom. The topological polar surface area (TPSA) is 29.9 Å². The van der Waals surface area contributed by atoms with Crippen molar-refractivity contribution in [3.05, 3.63) is 42.3 Å². The van der Waals surface area contributed by atoms with Gasteiger partial charge in [-0.25, -0.2) is 9.07 Å². The van der Waals surface area contributed by atoms with Crippen molar-refractivity contribution in [1.82, 2.24) is 9.78 Å². The second-order valence-electron chi connectivity index (χ2n) is 2.86. The molecule has 0 fully saturated rings. The van der Waals surface area contributed by atoms with Gasteiger partial charge in [0.15, 0.2) is 0 Å². The van der Waals surface area contributed by atoms with Crippen molar-refractivity contribution in [3.8, 4) is 5.69 Å². The SMILES string of the molecule is CNc1ccnn1-c1cccc(F)c1. The molecule has 0 amide bonds. The first-order valence-corrected chi connectivity index (χ1v) is 4.29. The zero-order valence-corrected chi connectivity index (χ0v) is 7.74. The van der Waals surface area contributed by atoms with Crippen LogP contribution >= 0.6 is 0 Å². The van der Waals surface area contributed by atoms with Gasteiger partial charge in [-0.3, -0.25) is 0 Å². The summed E-state index contributed by atoms with van der Waals surface area (Å²) < 4.78 is 14.6. The van der Waals surface area contributed by atoms with Crippen LogP contribution in [-0.2, 0) is 0 Å². The lowest BCUT2D eigenvalue weighted by molar-refractivity contribution is 0.625. The monoisotopic (exact) mass is 191 g/mol. The molecule has 0 radical (unpaired) electrons. The molecule has 0 aliphatic heterocycles. The summed E-state index contributed by atoms with van der Waals surface area (Å²) in [4.78, 5) is 0. The highest BCUT2D eigenvalue weighted by Crippen LogP contribution is 2.14. The van der Waals surface area contributed by atoms with E-state index in [1.807, 2.05) is 6.07 Å². The standard InChI is InChI=1S/C10H10FN3/c1-12-10-5-6-13-14(10)9-4-2-3-8(11)7-9/h2-7,12H,1H3. The predicted molar refractivity (Wildman–Crippen MR) is 53.1 cm³/mol. The quantitative estimate of drug-likeness (QED) is 0.787. The van der Waals surface area contributed by atoms with Crippen molar-refractivity contribution in [1.29, 1.82) is 0 Å². The summed E-state index contributed by atoms with van der Waals surface area (Å²) in [5.41, 5.74) is 0.708. The van der Waals surface area contributed by atoms with Crippen LogP contribution in [0.4, 0.5) is 10.2 Å². The fourth-order valence-electron chi connectivity index (χ4n) is 1.31. The van der Waals surface area contributed by atoms with Gasteiger partial charge in [-0.1, -0.05) is 6.07 Å². The third-order valence-electron chi connectivity index (χ3n) is 1.95. The van der Waals surface area contributed by atoms with Gasteiger partial charge in [-0.05, 0) is 18.2 Å². The predicted octanol–water partition coefficient (Wildman–Crippen LogP) is 2.05. The van der Waals surface area contributed by atoms with Gasteiger partial charge >= 0.3 is 0 Å². The van der Waals surface area contributed by atoms with Crippen LogP contribution in [0.25, 0.3) is 5.69 Å². The number of anilines is 1. The summed E-state index contributed by atoms with van der Waals surface area (Å²) in [7, 11) is 1.80. The highest BCUT2D eigenvalue weighted by Gasteiger charge is 2.02. The van der Waals surface area contributed by atoms with E-state index in [0.717, 1.165) is 5.82 Å². The Kier molecular flexibility index (Phi) is 2.18. The van der Waals surface area contributed by atoms with Crippen LogP contribution in [0.2, 0.25) is 0 Å². The molecule has 1 heterocycles. The number of nitrogens with zero attached hydrogens (tertiary/aromatic N) is 2. The van der Waals surface area contributed by atoms with E-state index < -0.39 is 0 Å². The minimum absolute atomic E-state index is 0.264. The fraction of sp³-hybridized carbons (Fsp3) is 0.100. The lowest BCUT2D eigenvalue weighted by Gasteiger charge is -2.05. The number of hydrogen-bond acceptors (Lipinski definition) is 2. The van der Waals surface area contributed by atoms with Gasteiger partial charge in [0.2, 0.25) is 0 Å². The first-order valence-electron chi connectivity index (χ1n) is 4.29. The van der Waals surface area contributed by atoms with Gasteiger partial charge in [-0.15, -0.1) is 0 Å². The summed E-state index contributed by atoms with van der Waals surface area (Å²) in [6, 6.07) is 8.13. The largest absolute Gasteiger partial charge is 0.373 e. The third kappa shape index (κ3) is 1.46. The Labute approximate surface area is 81.2 Å². The minimum Gasteiger partial charge on any atom is -0.373 e. The first-order chi connectivity index (χ1) is 6.81. The number of halogens is 1. The number of hydrogen-bond donors (Lipinski definition) is 1. The Morgan fingerprint density at radius 1 is 1.36 bits per heavy atom. The highest BCUT2D eigenvalue weighted by molar-refractivity contribution is 5.43. The molecule has 0 saturated heterocycles. The summed E-state index contributed by atoms with van der Waals surface area (Å²) in [6.45, 7) is 0. The lowest BCUT2D eigenvalue weighted by atomic mass is 10.3. The maximum atomic E-state index is 12.9.